The number of hydrogen-bond acceptors (Lipinski definition) is 4. The summed E-state index contributed by atoms with van der Waals surface area (Å²) in [7, 11) is 0. The Hall–Kier alpha value is -2.08. The highest BCUT2D eigenvalue weighted by atomic mass is 16.5. The van der Waals surface area contributed by atoms with E-state index in [1.165, 1.54) is 0 Å². The van der Waals surface area contributed by atoms with Gasteiger partial charge in [-0.3, -0.25) is 9.59 Å². The number of amides is 1. The van der Waals surface area contributed by atoms with Crippen LogP contribution < -0.4 is 10.1 Å². The van der Waals surface area contributed by atoms with Crippen molar-refractivity contribution in [1.82, 2.24) is 0 Å². The Bertz CT molecular complexity index is 447. The van der Waals surface area contributed by atoms with Crippen molar-refractivity contribution in [2.75, 3.05) is 25.1 Å². The van der Waals surface area contributed by atoms with Crippen molar-refractivity contribution in [2.45, 2.75) is 19.8 Å². The molecule has 0 aromatic heterocycles. The fraction of sp³-hybridized carbons (Fsp3) is 0.429. The van der Waals surface area contributed by atoms with E-state index in [0.29, 0.717) is 31.3 Å². The van der Waals surface area contributed by atoms with E-state index in [-0.39, 0.29) is 18.7 Å². The van der Waals surface area contributed by atoms with Gasteiger partial charge in [0.2, 0.25) is 5.91 Å². The number of carboxylic acid groups (broad SMARTS) is 1. The Morgan fingerprint density at radius 1 is 1.20 bits per heavy atom. The van der Waals surface area contributed by atoms with Crippen LogP contribution in [0.3, 0.4) is 0 Å². The molecule has 0 aliphatic carbocycles. The quantitative estimate of drug-likeness (QED) is 0.675. The number of benzene rings is 1. The lowest BCUT2D eigenvalue weighted by molar-refractivity contribution is -0.138. The van der Waals surface area contributed by atoms with Gasteiger partial charge in [-0.2, -0.15) is 0 Å². The van der Waals surface area contributed by atoms with E-state index in [9.17, 15) is 9.59 Å². The molecule has 20 heavy (non-hydrogen) atoms. The van der Waals surface area contributed by atoms with E-state index in [1.54, 1.807) is 24.3 Å². The van der Waals surface area contributed by atoms with Crippen LogP contribution in [0.5, 0.6) is 5.75 Å². The standard InChI is InChI=1S/C14H19NO5/c1-2-19-9-10-20-12-6-4-3-5-11(12)15-13(16)7-8-14(17)18/h3-6H,2,7-10H2,1H3,(H,15,16)(H,17,18). The Morgan fingerprint density at radius 3 is 2.65 bits per heavy atom. The minimum absolute atomic E-state index is 0.0669. The van der Waals surface area contributed by atoms with Crippen molar-refractivity contribution in [1.29, 1.82) is 0 Å². The van der Waals surface area contributed by atoms with E-state index in [4.69, 9.17) is 14.6 Å². The first-order valence-corrected chi connectivity index (χ1v) is 6.44. The summed E-state index contributed by atoms with van der Waals surface area (Å²) in [6, 6.07) is 7.00. The highest BCUT2D eigenvalue weighted by Crippen LogP contribution is 2.23. The lowest BCUT2D eigenvalue weighted by Crippen LogP contribution is -2.14. The molecule has 0 heterocycles. The third kappa shape index (κ3) is 6.19. The molecule has 0 aliphatic rings. The number of hydrogen-bond donors (Lipinski definition) is 2. The fourth-order valence-electron chi connectivity index (χ4n) is 1.48. The molecule has 0 atom stereocenters. The number of ether oxygens (including phenoxy) is 2. The summed E-state index contributed by atoms with van der Waals surface area (Å²) < 4.78 is 10.7. The predicted molar refractivity (Wildman–Crippen MR) is 73.9 cm³/mol. The van der Waals surface area contributed by atoms with E-state index in [1.807, 2.05) is 6.92 Å². The van der Waals surface area contributed by atoms with Gasteiger partial charge in [0.05, 0.1) is 18.7 Å². The number of carbonyl (C=O) groups excluding carboxylic acids is 1. The van der Waals surface area contributed by atoms with Gasteiger partial charge < -0.3 is 19.9 Å². The molecular formula is C14H19NO5. The van der Waals surface area contributed by atoms with Crippen LogP contribution in [-0.4, -0.2) is 36.8 Å². The largest absolute Gasteiger partial charge is 0.489 e. The van der Waals surface area contributed by atoms with Crippen molar-refractivity contribution in [2.24, 2.45) is 0 Å². The summed E-state index contributed by atoms with van der Waals surface area (Å²) in [5.74, 6) is -0.814. The van der Waals surface area contributed by atoms with Gasteiger partial charge in [-0.1, -0.05) is 12.1 Å². The van der Waals surface area contributed by atoms with Crippen molar-refractivity contribution in [3.05, 3.63) is 24.3 Å². The number of rotatable bonds is 9. The topological polar surface area (TPSA) is 84.9 Å². The number of aliphatic carboxylic acids is 1. The molecule has 0 fully saturated rings. The average molecular weight is 281 g/mol. The second-order valence-corrected chi connectivity index (χ2v) is 3.98. The maximum Gasteiger partial charge on any atom is 0.303 e. The Kier molecular flexibility index (Phi) is 7.13. The van der Waals surface area contributed by atoms with E-state index in [2.05, 4.69) is 5.32 Å². The Balaban J connectivity index is 2.51. The highest BCUT2D eigenvalue weighted by Gasteiger charge is 2.09. The number of anilines is 1. The van der Waals surface area contributed by atoms with Crippen LogP contribution in [0.4, 0.5) is 5.69 Å². The lowest BCUT2D eigenvalue weighted by Gasteiger charge is -2.12. The Morgan fingerprint density at radius 2 is 1.95 bits per heavy atom. The molecule has 1 rings (SSSR count). The summed E-state index contributed by atoms with van der Waals surface area (Å²) >= 11 is 0. The molecule has 0 spiro atoms. The van der Waals surface area contributed by atoms with Gasteiger partial charge in [0, 0.05) is 13.0 Å². The van der Waals surface area contributed by atoms with Crippen LogP contribution in [0, 0.1) is 0 Å². The van der Waals surface area contributed by atoms with Crippen molar-refractivity contribution >= 4 is 17.6 Å². The number of carbonyl (C=O) groups is 2. The molecule has 6 nitrogen and oxygen atoms in total. The zero-order chi connectivity index (χ0) is 14.8. The minimum Gasteiger partial charge on any atom is -0.489 e. The summed E-state index contributed by atoms with van der Waals surface area (Å²) in [6.45, 7) is 3.38. The molecule has 110 valence electrons. The molecule has 1 amide bonds. The summed E-state index contributed by atoms with van der Waals surface area (Å²) in [5, 5.41) is 11.2. The van der Waals surface area contributed by atoms with Gasteiger partial charge in [0.15, 0.2) is 0 Å². The van der Waals surface area contributed by atoms with Crippen molar-refractivity contribution < 1.29 is 24.2 Å². The molecule has 2 N–H and O–H groups in total. The van der Waals surface area contributed by atoms with Gasteiger partial charge in [0.25, 0.3) is 0 Å². The normalized spacial score (nSPS) is 10.1. The van der Waals surface area contributed by atoms with E-state index < -0.39 is 5.97 Å². The first-order valence-electron chi connectivity index (χ1n) is 6.44. The predicted octanol–water partition coefficient (Wildman–Crippen LogP) is 1.91. The third-order valence-electron chi connectivity index (χ3n) is 2.42. The smallest absolute Gasteiger partial charge is 0.303 e. The maximum atomic E-state index is 11.6. The monoisotopic (exact) mass is 281 g/mol. The second-order valence-electron chi connectivity index (χ2n) is 3.98. The number of para-hydroxylation sites is 2. The second kappa shape index (κ2) is 8.92. The van der Waals surface area contributed by atoms with Gasteiger partial charge in [-0.15, -0.1) is 0 Å². The first kappa shape index (κ1) is 16.0. The van der Waals surface area contributed by atoms with Gasteiger partial charge in [-0.25, -0.2) is 0 Å². The molecule has 0 saturated heterocycles. The lowest BCUT2D eigenvalue weighted by atomic mass is 10.2. The first-order chi connectivity index (χ1) is 9.63. The average Bonchev–Trinajstić information content (AvgIpc) is 2.43. The van der Waals surface area contributed by atoms with Crippen LogP contribution in [0.25, 0.3) is 0 Å². The summed E-state index contributed by atoms with van der Waals surface area (Å²) in [4.78, 5) is 22.0. The van der Waals surface area contributed by atoms with Crippen LogP contribution >= 0.6 is 0 Å². The molecule has 6 heteroatoms. The molecule has 0 unspecified atom stereocenters. The minimum atomic E-state index is -0.999. The maximum absolute atomic E-state index is 11.6. The summed E-state index contributed by atoms with van der Waals surface area (Å²) in [5.41, 5.74) is 0.527. The van der Waals surface area contributed by atoms with Crippen molar-refractivity contribution in [3.8, 4) is 5.75 Å². The summed E-state index contributed by atoms with van der Waals surface area (Å²) in [6.07, 6.45) is -0.262. The van der Waals surface area contributed by atoms with Gasteiger partial charge >= 0.3 is 5.97 Å². The van der Waals surface area contributed by atoms with Crippen LogP contribution in [-0.2, 0) is 14.3 Å². The Labute approximate surface area is 117 Å². The molecule has 0 aliphatic heterocycles. The molecule has 0 bridgehead atoms. The van der Waals surface area contributed by atoms with Crippen molar-refractivity contribution in [3.63, 3.8) is 0 Å². The van der Waals surface area contributed by atoms with Crippen LogP contribution in [0.2, 0.25) is 0 Å². The molecule has 1 aromatic carbocycles. The molecule has 0 saturated carbocycles. The third-order valence-corrected chi connectivity index (χ3v) is 2.42. The highest BCUT2D eigenvalue weighted by molar-refractivity contribution is 5.93. The number of carboxylic acids is 1. The molecule has 0 radical (unpaired) electrons. The zero-order valence-electron chi connectivity index (χ0n) is 11.4. The van der Waals surface area contributed by atoms with E-state index >= 15 is 0 Å². The van der Waals surface area contributed by atoms with Gasteiger partial charge in [0.1, 0.15) is 12.4 Å². The fourth-order valence-corrected chi connectivity index (χ4v) is 1.48. The van der Waals surface area contributed by atoms with Gasteiger partial charge in [-0.05, 0) is 19.1 Å². The SMILES string of the molecule is CCOCCOc1ccccc1NC(=O)CCC(=O)O. The molecular weight excluding hydrogens is 262 g/mol. The number of nitrogens with one attached hydrogen (secondary N) is 1. The van der Waals surface area contributed by atoms with E-state index in [0.717, 1.165) is 0 Å². The zero-order valence-corrected chi connectivity index (χ0v) is 11.4. The van der Waals surface area contributed by atoms with Crippen LogP contribution in [0.15, 0.2) is 24.3 Å². The van der Waals surface area contributed by atoms with Crippen LogP contribution in [0.1, 0.15) is 19.8 Å². The molecule has 1 aromatic rings.